The molecule has 0 N–H and O–H groups in total. The number of thiazole rings is 1. The minimum Gasteiger partial charge on any atom is -0.368 e. The Labute approximate surface area is 170 Å². The average Bonchev–Trinajstić information content (AvgIpc) is 3.31. The second-order valence-electron chi connectivity index (χ2n) is 7.46. The molecule has 3 heterocycles. The molecule has 3 aromatic rings. The van der Waals surface area contributed by atoms with E-state index in [0.717, 1.165) is 36.9 Å². The summed E-state index contributed by atoms with van der Waals surface area (Å²) < 4.78 is 2.11. The predicted octanol–water partition coefficient (Wildman–Crippen LogP) is 4.04. The van der Waals surface area contributed by atoms with Crippen molar-refractivity contribution in [3.63, 3.8) is 0 Å². The summed E-state index contributed by atoms with van der Waals surface area (Å²) in [6.07, 6.45) is 0. The van der Waals surface area contributed by atoms with Gasteiger partial charge < -0.3 is 14.4 Å². The second kappa shape index (κ2) is 7.43. The van der Waals surface area contributed by atoms with Crippen LogP contribution in [0.2, 0.25) is 0 Å². The van der Waals surface area contributed by atoms with Crippen molar-refractivity contribution in [1.82, 2.24) is 14.5 Å². The number of piperazine rings is 1. The molecule has 0 unspecified atom stereocenters. The van der Waals surface area contributed by atoms with Gasteiger partial charge in [0.2, 0.25) is 0 Å². The van der Waals surface area contributed by atoms with Crippen molar-refractivity contribution in [2.45, 2.75) is 20.8 Å². The first kappa shape index (κ1) is 18.7. The fourth-order valence-electron chi connectivity index (χ4n) is 3.71. The van der Waals surface area contributed by atoms with E-state index >= 15 is 0 Å². The number of rotatable bonds is 3. The summed E-state index contributed by atoms with van der Waals surface area (Å²) in [5.74, 6) is 0.0362. The Balaban J connectivity index is 1.45. The van der Waals surface area contributed by atoms with E-state index in [4.69, 9.17) is 0 Å². The summed E-state index contributed by atoms with van der Waals surface area (Å²) in [6.45, 7) is 9.54. The zero-order valence-corrected chi connectivity index (χ0v) is 17.7. The van der Waals surface area contributed by atoms with Gasteiger partial charge in [-0.15, -0.1) is 11.3 Å². The molecule has 1 aliphatic rings. The molecule has 146 valence electrons. The molecule has 5 nitrogen and oxygen atoms in total. The lowest BCUT2D eigenvalue weighted by molar-refractivity contribution is 0.0741. The van der Waals surface area contributed by atoms with Crippen molar-refractivity contribution in [3.8, 4) is 10.7 Å². The molecule has 28 heavy (non-hydrogen) atoms. The van der Waals surface area contributed by atoms with Crippen LogP contribution in [0.4, 0.5) is 5.69 Å². The maximum Gasteiger partial charge on any atom is 0.273 e. The molecule has 6 heteroatoms. The third kappa shape index (κ3) is 3.33. The number of amides is 1. The molecule has 1 aliphatic heterocycles. The van der Waals surface area contributed by atoms with Gasteiger partial charge in [0.1, 0.15) is 10.7 Å². The minimum absolute atomic E-state index is 0.0362. The number of nitrogens with zero attached hydrogens (tertiary/aromatic N) is 4. The summed E-state index contributed by atoms with van der Waals surface area (Å²) in [4.78, 5) is 21.9. The Kier molecular flexibility index (Phi) is 4.98. The number of aromatic nitrogens is 2. The van der Waals surface area contributed by atoms with Gasteiger partial charge in [-0.2, -0.15) is 0 Å². The van der Waals surface area contributed by atoms with Gasteiger partial charge in [-0.3, -0.25) is 4.79 Å². The van der Waals surface area contributed by atoms with Gasteiger partial charge in [-0.25, -0.2) is 4.98 Å². The molecule has 0 aliphatic carbocycles. The van der Waals surface area contributed by atoms with Gasteiger partial charge in [0.25, 0.3) is 5.91 Å². The molecule has 0 radical (unpaired) electrons. The summed E-state index contributed by atoms with van der Waals surface area (Å²) in [7, 11) is 2.03. The first-order chi connectivity index (χ1) is 13.5. The SMILES string of the molecule is Cc1cccc(N2CCN(C(=O)c3csc(-c4ccc(C)n4C)n3)CC2)c1C. The lowest BCUT2D eigenvalue weighted by Gasteiger charge is -2.36. The third-order valence-electron chi connectivity index (χ3n) is 5.80. The van der Waals surface area contributed by atoms with Gasteiger partial charge >= 0.3 is 0 Å². The lowest BCUT2D eigenvalue weighted by Crippen LogP contribution is -2.49. The topological polar surface area (TPSA) is 41.4 Å². The fourth-order valence-corrected chi connectivity index (χ4v) is 4.56. The molecule has 4 rings (SSSR count). The first-order valence-corrected chi connectivity index (χ1v) is 10.5. The van der Waals surface area contributed by atoms with Crippen LogP contribution in [0, 0.1) is 20.8 Å². The smallest absolute Gasteiger partial charge is 0.273 e. The highest BCUT2D eigenvalue weighted by Crippen LogP contribution is 2.27. The van der Waals surface area contributed by atoms with Gasteiger partial charge in [0.05, 0.1) is 5.69 Å². The Morgan fingerprint density at radius 2 is 1.79 bits per heavy atom. The normalized spacial score (nSPS) is 14.6. The Bertz CT molecular complexity index is 1010. The molecule has 0 bridgehead atoms. The average molecular weight is 395 g/mol. The van der Waals surface area contributed by atoms with Crippen LogP contribution in [0.25, 0.3) is 10.7 Å². The van der Waals surface area contributed by atoms with Crippen molar-refractivity contribution in [2.75, 3.05) is 31.1 Å². The Hall–Kier alpha value is -2.60. The number of carbonyl (C=O) groups excluding carboxylic acids is 1. The van der Waals surface area contributed by atoms with Crippen molar-refractivity contribution >= 4 is 22.9 Å². The highest BCUT2D eigenvalue weighted by atomic mass is 32.1. The summed E-state index contributed by atoms with van der Waals surface area (Å²) in [5.41, 5.74) is 6.70. The van der Waals surface area contributed by atoms with Crippen LogP contribution < -0.4 is 4.90 Å². The number of benzene rings is 1. The van der Waals surface area contributed by atoms with E-state index in [1.807, 2.05) is 17.3 Å². The van der Waals surface area contributed by atoms with Crippen molar-refractivity contribution in [1.29, 1.82) is 0 Å². The van der Waals surface area contributed by atoms with Crippen molar-refractivity contribution in [3.05, 3.63) is 58.2 Å². The largest absolute Gasteiger partial charge is 0.368 e. The zero-order chi connectivity index (χ0) is 19.8. The molecule has 2 aromatic heterocycles. The molecular weight excluding hydrogens is 368 g/mol. The molecule has 1 fully saturated rings. The van der Waals surface area contributed by atoms with Crippen molar-refractivity contribution < 1.29 is 4.79 Å². The van der Waals surface area contributed by atoms with E-state index in [-0.39, 0.29) is 5.91 Å². The van der Waals surface area contributed by atoms with Gasteiger partial charge in [-0.05, 0) is 50.1 Å². The second-order valence-corrected chi connectivity index (χ2v) is 8.31. The molecule has 1 saturated heterocycles. The van der Waals surface area contributed by atoms with Crippen LogP contribution >= 0.6 is 11.3 Å². The van der Waals surface area contributed by atoms with Crippen LogP contribution in [0.1, 0.15) is 27.3 Å². The molecule has 0 spiro atoms. The summed E-state index contributed by atoms with van der Waals surface area (Å²) >= 11 is 1.53. The number of carbonyl (C=O) groups is 1. The monoisotopic (exact) mass is 394 g/mol. The molecular formula is C22H26N4OS. The third-order valence-corrected chi connectivity index (χ3v) is 6.66. The van der Waals surface area contributed by atoms with Crippen LogP contribution in [0.15, 0.2) is 35.7 Å². The number of hydrogen-bond acceptors (Lipinski definition) is 4. The number of aryl methyl sites for hydroxylation is 2. The lowest BCUT2D eigenvalue weighted by atomic mass is 10.1. The Morgan fingerprint density at radius 3 is 2.46 bits per heavy atom. The number of hydrogen-bond donors (Lipinski definition) is 0. The standard InChI is InChI=1S/C22H26N4OS/c1-15-6-5-7-19(17(15)3)25-10-12-26(13-11-25)22(27)18-14-28-21(23-18)20-9-8-16(2)24(20)4/h5-9,14H,10-13H2,1-4H3. The minimum atomic E-state index is 0.0362. The van der Waals surface area contributed by atoms with E-state index in [9.17, 15) is 4.79 Å². The van der Waals surface area contributed by atoms with E-state index in [2.05, 4.69) is 65.6 Å². The maximum absolute atomic E-state index is 12.9. The highest BCUT2D eigenvalue weighted by Gasteiger charge is 2.25. The fraction of sp³-hybridized carbons (Fsp3) is 0.364. The van der Waals surface area contributed by atoms with E-state index in [1.54, 1.807) is 0 Å². The van der Waals surface area contributed by atoms with Crippen molar-refractivity contribution in [2.24, 2.45) is 7.05 Å². The summed E-state index contributed by atoms with van der Waals surface area (Å²) in [5, 5.41) is 2.78. The van der Waals surface area contributed by atoms with Crippen LogP contribution in [-0.2, 0) is 7.05 Å². The van der Waals surface area contributed by atoms with Gasteiger partial charge in [0.15, 0.2) is 0 Å². The zero-order valence-electron chi connectivity index (χ0n) is 16.9. The van der Waals surface area contributed by atoms with E-state index in [1.165, 1.54) is 33.8 Å². The van der Waals surface area contributed by atoms with E-state index < -0.39 is 0 Å². The van der Waals surface area contributed by atoms with Gasteiger partial charge in [0, 0.05) is 50.0 Å². The quantitative estimate of drug-likeness (QED) is 0.673. The first-order valence-electron chi connectivity index (χ1n) is 9.64. The molecule has 0 saturated carbocycles. The molecule has 1 amide bonds. The van der Waals surface area contributed by atoms with Crippen LogP contribution in [0.5, 0.6) is 0 Å². The van der Waals surface area contributed by atoms with Gasteiger partial charge in [-0.1, -0.05) is 12.1 Å². The van der Waals surface area contributed by atoms with E-state index in [0.29, 0.717) is 5.69 Å². The van der Waals surface area contributed by atoms with Crippen LogP contribution in [0.3, 0.4) is 0 Å². The number of anilines is 1. The molecule has 1 aromatic carbocycles. The predicted molar refractivity (Wildman–Crippen MR) is 115 cm³/mol. The van der Waals surface area contributed by atoms with Crippen LogP contribution in [-0.4, -0.2) is 46.5 Å². The maximum atomic E-state index is 12.9. The highest BCUT2D eigenvalue weighted by molar-refractivity contribution is 7.13. The Morgan fingerprint density at radius 1 is 1.04 bits per heavy atom. The molecule has 0 atom stereocenters. The summed E-state index contributed by atoms with van der Waals surface area (Å²) in [6, 6.07) is 10.6.